The van der Waals surface area contributed by atoms with Crippen molar-refractivity contribution in [2.75, 3.05) is 6.54 Å². The van der Waals surface area contributed by atoms with Crippen molar-refractivity contribution in [1.82, 2.24) is 5.32 Å². The van der Waals surface area contributed by atoms with E-state index in [-0.39, 0.29) is 6.61 Å². The zero-order valence-electron chi connectivity index (χ0n) is 11.9. The van der Waals surface area contributed by atoms with E-state index in [4.69, 9.17) is 21.4 Å². The second kappa shape index (κ2) is 7.31. The van der Waals surface area contributed by atoms with Crippen LogP contribution in [0.15, 0.2) is 24.3 Å². The molecule has 0 aliphatic heterocycles. The molecule has 5 heteroatoms. The third-order valence-corrected chi connectivity index (χ3v) is 2.65. The van der Waals surface area contributed by atoms with Crippen molar-refractivity contribution in [1.29, 1.82) is 0 Å². The highest BCUT2D eigenvalue weighted by atomic mass is 35.5. The second-order valence-electron chi connectivity index (χ2n) is 5.30. The topological polar surface area (TPSA) is 58.6 Å². The molecule has 0 fully saturated rings. The summed E-state index contributed by atoms with van der Waals surface area (Å²) in [5.41, 5.74) is 1.07. The van der Waals surface area contributed by atoms with Gasteiger partial charge in [-0.15, -0.1) is 0 Å². The van der Waals surface area contributed by atoms with E-state index in [9.17, 15) is 4.79 Å². The number of hydrogen-bond donors (Lipinski definition) is 2. The first-order chi connectivity index (χ1) is 9.31. The number of aliphatic hydroxyl groups is 1. The van der Waals surface area contributed by atoms with E-state index in [1.807, 2.05) is 20.8 Å². The Labute approximate surface area is 124 Å². The van der Waals surface area contributed by atoms with Gasteiger partial charge in [0, 0.05) is 11.6 Å². The Morgan fingerprint density at radius 2 is 2.15 bits per heavy atom. The molecule has 0 unspecified atom stereocenters. The summed E-state index contributed by atoms with van der Waals surface area (Å²) < 4.78 is 5.11. The molecule has 0 saturated heterocycles. The monoisotopic (exact) mass is 297 g/mol. The number of amides is 1. The number of alkyl carbamates (subject to hydrolysis) is 1. The second-order valence-corrected chi connectivity index (χ2v) is 5.71. The van der Waals surface area contributed by atoms with Gasteiger partial charge in [0.05, 0.1) is 6.61 Å². The smallest absolute Gasteiger partial charge is 0.407 e. The number of aliphatic hydroxyl groups excluding tert-OH is 1. The summed E-state index contributed by atoms with van der Waals surface area (Å²) in [6, 6.07) is 5.29. The Balaban J connectivity index is 2.51. The zero-order valence-corrected chi connectivity index (χ0v) is 12.7. The summed E-state index contributed by atoms with van der Waals surface area (Å²) in [6.45, 7) is 5.73. The van der Waals surface area contributed by atoms with Gasteiger partial charge >= 0.3 is 6.09 Å². The number of halogens is 1. The summed E-state index contributed by atoms with van der Waals surface area (Å²) in [7, 11) is 0. The quantitative estimate of drug-likeness (QED) is 0.896. The predicted molar refractivity (Wildman–Crippen MR) is 80.6 cm³/mol. The van der Waals surface area contributed by atoms with Gasteiger partial charge in [0.2, 0.25) is 0 Å². The normalized spacial score (nSPS) is 11.7. The minimum absolute atomic E-state index is 0.0336. The van der Waals surface area contributed by atoms with Crippen LogP contribution < -0.4 is 5.32 Å². The van der Waals surface area contributed by atoms with Crippen molar-refractivity contribution in [3.63, 3.8) is 0 Å². The summed E-state index contributed by atoms with van der Waals surface area (Å²) >= 11 is 6.04. The molecule has 0 aromatic heterocycles. The van der Waals surface area contributed by atoms with Gasteiger partial charge in [-0.1, -0.05) is 29.8 Å². The van der Waals surface area contributed by atoms with Gasteiger partial charge < -0.3 is 15.2 Å². The van der Waals surface area contributed by atoms with Crippen molar-refractivity contribution >= 4 is 23.8 Å². The lowest BCUT2D eigenvalue weighted by molar-refractivity contribution is 0.0534. The first-order valence-corrected chi connectivity index (χ1v) is 6.72. The third-order valence-electron chi connectivity index (χ3n) is 2.30. The molecule has 0 bridgehead atoms. The van der Waals surface area contributed by atoms with E-state index in [1.165, 1.54) is 0 Å². The van der Waals surface area contributed by atoms with Crippen LogP contribution in [0, 0.1) is 0 Å². The van der Waals surface area contributed by atoms with E-state index in [1.54, 1.807) is 30.4 Å². The van der Waals surface area contributed by atoms with Crippen LogP contribution in [0.1, 0.15) is 31.9 Å². The standard InChI is InChI=1S/C15H20ClNO3/c1-15(2,3)20-14(19)17-8-4-5-12-9-11(10-18)6-7-13(12)16/h4-7,9,18H,8,10H2,1-3H3,(H,17,19). The van der Waals surface area contributed by atoms with Crippen molar-refractivity contribution in [3.05, 3.63) is 40.4 Å². The number of carbonyl (C=O) groups excluding carboxylic acids is 1. The molecule has 1 amide bonds. The summed E-state index contributed by atoms with van der Waals surface area (Å²) in [5, 5.41) is 12.3. The van der Waals surface area contributed by atoms with Gasteiger partial charge in [-0.25, -0.2) is 4.79 Å². The molecule has 4 nitrogen and oxygen atoms in total. The third kappa shape index (κ3) is 6.08. The van der Waals surface area contributed by atoms with E-state index in [2.05, 4.69) is 5.32 Å². The maximum atomic E-state index is 11.4. The highest BCUT2D eigenvalue weighted by Crippen LogP contribution is 2.19. The van der Waals surface area contributed by atoms with Crippen molar-refractivity contribution in [2.45, 2.75) is 33.0 Å². The maximum Gasteiger partial charge on any atom is 0.407 e. The molecule has 0 aliphatic carbocycles. The van der Waals surface area contributed by atoms with Crippen LogP contribution >= 0.6 is 11.6 Å². The van der Waals surface area contributed by atoms with Crippen LogP contribution in [0.25, 0.3) is 6.08 Å². The average molecular weight is 298 g/mol. The van der Waals surface area contributed by atoms with Crippen molar-refractivity contribution < 1.29 is 14.6 Å². The van der Waals surface area contributed by atoms with E-state index in [0.717, 1.165) is 11.1 Å². The Morgan fingerprint density at radius 1 is 1.45 bits per heavy atom. The van der Waals surface area contributed by atoms with Crippen LogP contribution in [0.2, 0.25) is 5.02 Å². The van der Waals surface area contributed by atoms with Crippen LogP contribution in [-0.4, -0.2) is 23.3 Å². The summed E-state index contributed by atoms with van der Waals surface area (Å²) in [5.74, 6) is 0. The van der Waals surface area contributed by atoms with Gasteiger partial charge in [0.25, 0.3) is 0 Å². The molecule has 0 atom stereocenters. The van der Waals surface area contributed by atoms with Gasteiger partial charge in [0.15, 0.2) is 0 Å². The number of ether oxygens (including phenoxy) is 1. The SMILES string of the molecule is CC(C)(C)OC(=O)NCC=Cc1cc(CO)ccc1Cl. The van der Waals surface area contributed by atoms with Crippen LogP contribution in [-0.2, 0) is 11.3 Å². The fourth-order valence-electron chi connectivity index (χ4n) is 1.46. The lowest BCUT2D eigenvalue weighted by atomic mass is 10.1. The highest BCUT2D eigenvalue weighted by Gasteiger charge is 2.14. The minimum atomic E-state index is -0.507. The number of benzene rings is 1. The summed E-state index contributed by atoms with van der Waals surface area (Å²) in [4.78, 5) is 11.4. The van der Waals surface area contributed by atoms with Crippen LogP contribution in [0.3, 0.4) is 0 Å². The number of carbonyl (C=O) groups is 1. The average Bonchev–Trinajstić information content (AvgIpc) is 2.34. The zero-order chi connectivity index (χ0) is 15.2. The van der Waals surface area contributed by atoms with Crippen molar-refractivity contribution in [2.24, 2.45) is 0 Å². The van der Waals surface area contributed by atoms with E-state index >= 15 is 0 Å². The predicted octanol–water partition coefficient (Wildman–Crippen LogP) is 3.37. The molecule has 2 N–H and O–H groups in total. The molecule has 1 aromatic carbocycles. The van der Waals surface area contributed by atoms with E-state index in [0.29, 0.717) is 11.6 Å². The molecule has 1 aromatic rings. The van der Waals surface area contributed by atoms with Gasteiger partial charge in [-0.2, -0.15) is 0 Å². The molecule has 0 saturated carbocycles. The van der Waals surface area contributed by atoms with E-state index < -0.39 is 11.7 Å². The first kappa shape index (κ1) is 16.5. The largest absolute Gasteiger partial charge is 0.444 e. The van der Waals surface area contributed by atoms with Gasteiger partial charge in [-0.05, 0) is 44.0 Å². The van der Waals surface area contributed by atoms with Gasteiger partial charge in [0.1, 0.15) is 5.60 Å². The Bertz CT molecular complexity index is 492. The molecule has 0 heterocycles. The summed E-state index contributed by atoms with van der Waals surface area (Å²) in [6.07, 6.45) is 3.10. The maximum absolute atomic E-state index is 11.4. The Morgan fingerprint density at radius 3 is 2.75 bits per heavy atom. The van der Waals surface area contributed by atoms with Crippen LogP contribution in [0.5, 0.6) is 0 Å². The molecule has 0 aliphatic rings. The molecule has 110 valence electrons. The number of hydrogen-bond acceptors (Lipinski definition) is 3. The Kier molecular flexibility index (Phi) is 6.05. The lowest BCUT2D eigenvalue weighted by Gasteiger charge is -2.19. The number of nitrogens with one attached hydrogen (secondary N) is 1. The fraction of sp³-hybridized carbons (Fsp3) is 0.400. The molecule has 0 spiro atoms. The van der Waals surface area contributed by atoms with Gasteiger partial charge in [-0.3, -0.25) is 0 Å². The highest BCUT2D eigenvalue weighted by molar-refractivity contribution is 6.32. The minimum Gasteiger partial charge on any atom is -0.444 e. The Hall–Kier alpha value is -1.52. The molecule has 1 rings (SSSR count). The number of rotatable bonds is 4. The molecule has 0 radical (unpaired) electrons. The lowest BCUT2D eigenvalue weighted by Crippen LogP contribution is -2.32. The molecule has 20 heavy (non-hydrogen) atoms. The van der Waals surface area contributed by atoms with Crippen LogP contribution in [0.4, 0.5) is 4.79 Å². The fourth-order valence-corrected chi connectivity index (χ4v) is 1.64. The molecular weight excluding hydrogens is 278 g/mol. The molecular formula is C15H20ClNO3. The van der Waals surface area contributed by atoms with Crippen molar-refractivity contribution in [3.8, 4) is 0 Å². The first-order valence-electron chi connectivity index (χ1n) is 6.34.